The summed E-state index contributed by atoms with van der Waals surface area (Å²) in [4.78, 5) is 27.5. The molecule has 2 heterocycles. The molecule has 1 aromatic rings. The van der Waals surface area contributed by atoms with E-state index in [-0.39, 0.29) is 29.5 Å². The molecule has 1 aromatic carbocycles. The lowest BCUT2D eigenvalue weighted by molar-refractivity contribution is -0.114. The minimum absolute atomic E-state index is 0.0829. The van der Waals surface area contributed by atoms with E-state index in [0.717, 1.165) is 0 Å². The van der Waals surface area contributed by atoms with Crippen LogP contribution in [-0.4, -0.2) is 73.9 Å². The number of sulfone groups is 1. The van der Waals surface area contributed by atoms with Crippen molar-refractivity contribution in [3.8, 4) is 0 Å². The molecule has 3 rings (SSSR count). The summed E-state index contributed by atoms with van der Waals surface area (Å²) >= 11 is 0. The van der Waals surface area contributed by atoms with E-state index in [4.69, 9.17) is 0 Å². The van der Waals surface area contributed by atoms with Crippen molar-refractivity contribution in [1.82, 2.24) is 9.80 Å². The lowest BCUT2D eigenvalue weighted by Crippen LogP contribution is -2.53. The summed E-state index contributed by atoms with van der Waals surface area (Å²) in [6.07, 6.45) is 0.685. The maximum atomic E-state index is 12.4. The first-order valence-electron chi connectivity index (χ1n) is 8.70. The molecule has 26 heavy (non-hydrogen) atoms. The van der Waals surface area contributed by atoms with Crippen LogP contribution in [0.1, 0.15) is 13.3 Å². The molecule has 0 aliphatic carbocycles. The van der Waals surface area contributed by atoms with Crippen molar-refractivity contribution >= 4 is 33.2 Å². The molecule has 0 radical (unpaired) electrons. The Kier molecular flexibility index (Phi) is 5.47. The van der Waals surface area contributed by atoms with E-state index < -0.39 is 9.84 Å². The van der Waals surface area contributed by atoms with Crippen molar-refractivity contribution in [2.45, 2.75) is 19.4 Å². The molecule has 0 spiro atoms. The molecule has 2 N–H and O–H groups in total. The van der Waals surface area contributed by atoms with Crippen LogP contribution in [0.15, 0.2) is 24.3 Å². The molecule has 0 aromatic heterocycles. The first-order chi connectivity index (χ1) is 12.3. The van der Waals surface area contributed by atoms with Crippen molar-refractivity contribution in [1.29, 1.82) is 0 Å². The summed E-state index contributed by atoms with van der Waals surface area (Å²) < 4.78 is 23.3. The van der Waals surface area contributed by atoms with Crippen LogP contribution in [-0.2, 0) is 14.6 Å². The van der Waals surface area contributed by atoms with Crippen molar-refractivity contribution in [3.63, 3.8) is 0 Å². The number of anilines is 2. The van der Waals surface area contributed by atoms with Crippen LogP contribution in [0.25, 0.3) is 0 Å². The minimum atomic E-state index is -2.89. The van der Waals surface area contributed by atoms with Crippen LogP contribution in [0.3, 0.4) is 0 Å². The summed E-state index contributed by atoms with van der Waals surface area (Å²) in [6.45, 7) is 3.92. The maximum Gasteiger partial charge on any atom is 0.321 e. The largest absolute Gasteiger partial charge is 0.326 e. The normalized spacial score (nSPS) is 22.8. The lowest BCUT2D eigenvalue weighted by atomic mass is 10.2. The van der Waals surface area contributed by atoms with E-state index in [9.17, 15) is 18.0 Å². The zero-order valence-corrected chi connectivity index (χ0v) is 15.6. The molecule has 3 amide bonds. The molecule has 0 bridgehead atoms. The average Bonchev–Trinajstić information content (AvgIpc) is 2.95. The van der Waals surface area contributed by atoms with E-state index >= 15 is 0 Å². The Morgan fingerprint density at radius 2 is 1.73 bits per heavy atom. The van der Waals surface area contributed by atoms with E-state index in [2.05, 4.69) is 15.5 Å². The van der Waals surface area contributed by atoms with Crippen LogP contribution in [0.2, 0.25) is 0 Å². The summed E-state index contributed by atoms with van der Waals surface area (Å²) in [5.41, 5.74) is 1.24. The van der Waals surface area contributed by atoms with Crippen molar-refractivity contribution < 1.29 is 18.0 Å². The van der Waals surface area contributed by atoms with Crippen LogP contribution in [0.4, 0.5) is 16.2 Å². The number of nitrogens with one attached hydrogen (secondary N) is 2. The van der Waals surface area contributed by atoms with E-state index in [1.165, 1.54) is 6.92 Å². The third kappa shape index (κ3) is 4.73. The third-order valence-electron chi connectivity index (χ3n) is 4.76. The Balaban J connectivity index is 1.52. The van der Waals surface area contributed by atoms with Crippen molar-refractivity contribution in [2.24, 2.45) is 0 Å². The third-order valence-corrected chi connectivity index (χ3v) is 6.51. The molecule has 2 aliphatic rings. The van der Waals surface area contributed by atoms with Gasteiger partial charge in [0.25, 0.3) is 0 Å². The molecule has 2 fully saturated rings. The number of benzene rings is 1. The van der Waals surface area contributed by atoms with Crippen LogP contribution in [0, 0.1) is 0 Å². The molecular weight excluding hydrogens is 356 g/mol. The highest BCUT2D eigenvalue weighted by Gasteiger charge is 2.34. The van der Waals surface area contributed by atoms with Gasteiger partial charge in [-0.3, -0.25) is 9.69 Å². The van der Waals surface area contributed by atoms with Gasteiger partial charge in [0.2, 0.25) is 5.91 Å². The van der Waals surface area contributed by atoms with Gasteiger partial charge in [-0.2, -0.15) is 0 Å². The van der Waals surface area contributed by atoms with E-state index in [1.807, 2.05) is 0 Å². The first kappa shape index (κ1) is 18.7. The minimum Gasteiger partial charge on any atom is -0.326 e. The number of carbonyl (C=O) groups is 2. The van der Waals surface area contributed by atoms with Crippen LogP contribution < -0.4 is 10.6 Å². The summed E-state index contributed by atoms with van der Waals surface area (Å²) in [5, 5.41) is 5.53. The van der Waals surface area contributed by atoms with Gasteiger partial charge in [-0.05, 0) is 24.6 Å². The van der Waals surface area contributed by atoms with Gasteiger partial charge in [0, 0.05) is 50.5 Å². The fraction of sp³-hybridized carbons (Fsp3) is 0.529. The second kappa shape index (κ2) is 7.63. The lowest BCUT2D eigenvalue weighted by Gasteiger charge is -2.37. The molecule has 9 heteroatoms. The number of piperazine rings is 1. The molecule has 8 nitrogen and oxygen atoms in total. The standard InChI is InChI=1S/C17H24N4O4S/c1-13(22)18-14-3-2-4-15(11-14)19-17(23)21-8-6-20(7-9-21)16-5-10-26(24,25)12-16/h2-4,11,16H,5-10,12H2,1H3,(H,18,22)(H,19,23). The fourth-order valence-electron chi connectivity index (χ4n) is 3.43. The van der Waals surface area contributed by atoms with Gasteiger partial charge < -0.3 is 15.5 Å². The monoisotopic (exact) mass is 380 g/mol. The second-order valence-electron chi connectivity index (χ2n) is 6.77. The van der Waals surface area contributed by atoms with E-state index in [0.29, 0.717) is 44.0 Å². The highest BCUT2D eigenvalue weighted by Crippen LogP contribution is 2.20. The Morgan fingerprint density at radius 3 is 2.31 bits per heavy atom. The predicted octanol–water partition coefficient (Wildman–Crippen LogP) is 0.982. The molecule has 1 atom stereocenters. The van der Waals surface area contributed by atoms with Crippen LogP contribution >= 0.6 is 0 Å². The van der Waals surface area contributed by atoms with Gasteiger partial charge in [-0.25, -0.2) is 13.2 Å². The molecule has 2 aliphatic heterocycles. The summed E-state index contributed by atoms with van der Waals surface area (Å²) in [6, 6.07) is 6.88. The Labute approximate surface area is 153 Å². The molecule has 0 saturated carbocycles. The Hall–Kier alpha value is -2.13. The van der Waals surface area contributed by atoms with Crippen LogP contribution in [0.5, 0.6) is 0 Å². The first-order valence-corrected chi connectivity index (χ1v) is 10.5. The zero-order chi connectivity index (χ0) is 18.7. The highest BCUT2D eigenvalue weighted by atomic mass is 32.2. The number of urea groups is 1. The SMILES string of the molecule is CC(=O)Nc1cccc(NC(=O)N2CCN(C3CCS(=O)(=O)C3)CC2)c1. The molecular formula is C17H24N4O4S. The fourth-order valence-corrected chi connectivity index (χ4v) is 5.20. The molecule has 2 saturated heterocycles. The maximum absolute atomic E-state index is 12.4. The number of hydrogen-bond acceptors (Lipinski definition) is 5. The van der Waals surface area contributed by atoms with Gasteiger partial charge in [-0.15, -0.1) is 0 Å². The Morgan fingerprint density at radius 1 is 1.08 bits per heavy atom. The number of amides is 3. The molecule has 142 valence electrons. The van der Waals surface area contributed by atoms with Gasteiger partial charge in [0.1, 0.15) is 0 Å². The van der Waals surface area contributed by atoms with E-state index in [1.54, 1.807) is 29.2 Å². The van der Waals surface area contributed by atoms with Crippen molar-refractivity contribution in [3.05, 3.63) is 24.3 Å². The quantitative estimate of drug-likeness (QED) is 0.815. The van der Waals surface area contributed by atoms with Gasteiger partial charge >= 0.3 is 6.03 Å². The average molecular weight is 380 g/mol. The summed E-state index contributed by atoms with van der Waals surface area (Å²) in [7, 11) is -2.89. The number of rotatable bonds is 3. The van der Waals surface area contributed by atoms with Gasteiger partial charge in [0.05, 0.1) is 11.5 Å². The highest BCUT2D eigenvalue weighted by molar-refractivity contribution is 7.91. The number of carbonyl (C=O) groups excluding carboxylic acids is 2. The van der Waals surface area contributed by atoms with Gasteiger partial charge in [-0.1, -0.05) is 6.07 Å². The van der Waals surface area contributed by atoms with Gasteiger partial charge in [0.15, 0.2) is 9.84 Å². The second-order valence-corrected chi connectivity index (χ2v) is 9.00. The number of nitrogens with zero attached hydrogens (tertiary/aromatic N) is 2. The molecule has 1 unspecified atom stereocenters. The van der Waals surface area contributed by atoms with Crippen molar-refractivity contribution in [2.75, 3.05) is 48.3 Å². The predicted molar refractivity (Wildman–Crippen MR) is 100.0 cm³/mol. The summed E-state index contributed by atoms with van der Waals surface area (Å²) in [5.74, 6) is 0.330. The topological polar surface area (TPSA) is 98.8 Å². The zero-order valence-electron chi connectivity index (χ0n) is 14.8. The smallest absolute Gasteiger partial charge is 0.321 e. The Bertz CT molecular complexity index is 788. The number of hydrogen-bond donors (Lipinski definition) is 2.